The van der Waals surface area contributed by atoms with Gasteiger partial charge in [-0.25, -0.2) is 4.79 Å². The third kappa shape index (κ3) is 20.4. The van der Waals surface area contributed by atoms with E-state index in [1.165, 1.54) is 14.0 Å². The van der Waals surface area contributed by atoms with Crippen LogP contribution in [0.1, 0.15) is 79.1 Å². The van der Waals surface area contributed by atoms with Crippen molar-refractivity contribution in [3.8, 4) is 0 Å². The average Bonchev–Trinajstić information content (AvgIpc) is 3.28. The minimum Gasteiger partial charge on any atom is -0.462 e. The molecule has 2 bridgehead atoms. The molecule has 3 heterocycles. The number of guanidine groups is 1. The predicted molar refractivity (Wildman–Crippen MR) is 258 cm³/mol. The molecular weight excluding hydrogens is 915 g/mol. The molecule has 70 heavy (non-hydrogen) atoms. The Morgan fingerprint density at radius 3 is 1.86 bits per heavy atom. The standard InChI is InChI=1S/C49H79N5O16/c1-28-18-16-14-12-10-8-6-7-9-11-13-15-17-19-35(69-46-45(64)42(53-47(50)51)44(63)31(4)68-46)25-39-41(54-48(65)52-5)38(60)27-49(66,70-39)26-34(57)23-37(59)36(58)21-20-32(55)22-33(56)24-40(61)67-30(3)29(2)43(28)62/h6-19,28-39,41-46,55-60,62-64,66H,20-27H2,1-5H3,(H4,50,51,53)(H2,52,54,65)/b7-6+,10-8+,11-9+,14-12+,15-13+,18-16+,19-17+/t28-,29-,30-,31+,32+,33+,34-,35-,36+,37+,38-,39-,41?,42?,43+,44+,45-,46-,49+/m0/s1. The zero-order chi connectivity index (χ0) is 52.1. The van der Waals surface area contributed by atoms with E-state index in [-0.39, 0.29) is 31.6 Å². The fraction of sp³-hybridized carbons (Fsp3) is 0.653. The van der Waals surface area contributed by atoms with Gasteiger partial charge in [-0.3, -0.25) is 10.2 Å². The van der Waals surface area contributed by atoms with E-state index in [0.717, 1.165) is 0 Å². The van der Waals surface area contributed by atoms with Crippen LogP contribution >= 0.6 is 0 Å². The van der Waals surface area contributed by atoms with Crippen molar-refractivity contribution in [2.75, 3.05) is 7.05 Å². The van der Waals surface area contributed by atoms with Crippen molar-refractivity contribution in [2.45, 2.75) is 183 Å². The molecular formula is C49H79N5O16. The highest BCUT2D eigenvalue weighted by atomic mass is 16.7. The number of hydrogen-bond acceptors (Lipinski definition) is 17. The van der Waals surface area contributed by atoms with Crippen molar-refractivity contribution in [2.24, 2.45) is 17.6 Å². The number of urea groups is 1. The first-order valence-electron chi connectivity index (χ1n) is 23.8. The molecule has 0 aromatic heterocycles. The number of nitrogens with one attached hydrogen (secondary N) is 4. The summed E-state index contributed by atoms with van der Waals surface area (Å²) in [5.74, 6) is -4.26. The number of carbonyl (C=O) groups excluding carboxylic acids is 2. The van der Waals surface area contributed by atoms with Crippen molar-refractivity contribution in [1.82, 2.24) is 16.0 Å². The summed E-state index contributed by atoms with van der Waals surface area (Å²) in [7, 11) is 1.36. The molecule has 3 aliphatic rings. The molecule has 21 nitrogen and oxygen atoms in total. The van der Waals surface area contributed by atoms with Crippen LogP contribution in [0.3, 0.4) is 0 Å². The van der Waals surface area contributed by atoms with Crippen molar-refractivity contribution >= 4 is 18.0 Å². The zero-order valence-electron chi connectivity index (χ0n) is 40.6. The molecule has 0 spiro atoms. The van der Waals surface area contributed by atoms with Gasteiger partial charge < -0.3 is 91.7 Å². The lowest BCUT2D eigenvalue weighted by atomic mass is 9.87. The highest BCUT2D eigenvalue weighted by Crippen LogP contribution is 2.35. The number of amides is 2. The van der Waals surface area contributed by atoms with Crippen LogP contribution in [0, 0.1) is 17.2 Å². The smallest absolute Gasteiger partial charge is 0.314 e. The Labute approximate surface area is 410 Å². The molecule has 2 amide bonds. The number of allylic oxidation sites excluding steroid dienone is 12. The molecule has 0 aromatic carbocycles. The highest BCUT2D eigenvalue weighted by Gasteiger charge is 2.49. The minimum atomic E-state index is -2.27. The first-order valence-corrected chi connectivity index (χ1v) is 23.8. The molecule has 21 heteroatoms. The molecule has 0 radical (unpaired) electrons. The van der Waals surface area contributed by atoms with Gasteiger partial charge in [-0.15, -0.1) is 0 Å². The van der Waals surface area contributed by atoms with Crippen molar-refractivity contribution in [1.29, 1.82) is 5.41 Å². The van der Waals surface area contributed by atoms with Crippen LogP contribution in [-0.2, 0) is 23.7 Å². The van der Waals surface area contributed by atoms with Gasteiger partial charge in [-0.1, -0.05) is 98.9 Å². The summed E-state index contributed by atoms with van der Waals surface area (Å²) in [4.78, 5) is 25.3. The normalized spacial score (nSPS) is 42.9. The van der Waals surface area contributed by atoms with E-state index in [4.69, 9.17) is 30.1 Å². The number of rotatable bonds is 4. The Bertz CT molecular complexity index is 1830. The van der Waals surface area contributed by atoms with E-state index in [2.05, 4.69) is 16.0 Å². The summed E-state index contributed by atoms with van der Waals surface area (Å²) < 4.78 is 23.7. The Hall–Kier alpha value is -4.33. The van der Waals surface area contributed by atoms with E-state index in [1.54, 1.807) is 74.6 Å². The molecule has 16 N–H and O–H groups in total. The Kier molecular flexibility index (Phi) is 25.6. The molecule has 2 saturated heterocycles. The molecule has 0 saturated carbocycles. The molecule has 0 aliphatic carbocycles. The minimum absolute atomic E-state index is 0.102. The Balaban J connectivity index is 1.93. The first-order chi connectivity index (χ1) is 33.0. The maximum Gasteiger partial charge on any atom is 0.314 e. The summed E-state index contributed by atoms with van der Waals surface area (Å²) in [6.45, 7) is 6.75. The summed E-state index contributed by atoms with van der Waals surface area (Å²) >= 11 is 0. The van der Waals surface area contributed by atoms with Crippen LogP contribution in [0.15, 0.2) is 85.1 Å². The zero-order valence-corrected chi connectivity index (χ0v) is 40.6. The number of esters is 1. The number of ether oxygens (including phenoxy) is 4. The van der Waals surface area contributed by atoms with E-state index in [1.807, 2.05) is 31.2 Å². The second-order valence-corrected chi connectivity index (χ2v) is 18.5. The molecule has 2 fully saturated rings. The maximum absolute atomic E-state index is 12.7. The molecule has 19 atom stereocenters. The van der Waals surface area contributed by atoms with Gasteiger partial charge in [0, 0.05) is 44.6 Å². The molecule has 3 rings (SSSR count). The van der Waals surface area contributed by atoms with Gasteiger partial charge in [-0.05, 0) is 33.1 Å². The monoisotopic (exact) mass is 994 g/mol. The van der Waals surface area contributed by atoms with Crippen LogP contribution in [0.2, 0.25) is 0 Å². The predicted octanol–water partition coefficient (Wildman–Crippen LogP) is -0.167. The third-order valence-corrected chi connectivity index (χ3v) is 12.5. The van der Waals surface area contributed by atoms with Crippen LogP contribution in [0.5, 0.6) is 0 Å². The number of fused-ring (bicyclic) bond motifs is 2. The fourth-order valence-corrected chi connectivity index (χ4v) is 8.38. The molecule has 2 unspecified atom stereocenters. The molecule has 3 aliphatic heterocycles. The molecule has 396 valence electrons. The van der Waals surface area contributed by atoms with Gasteiger partial charge in [0.05, 0.1) is 79.5 Å². The average molecular weight is 994 g/mol. The van der Waals surface area contributed by atoms with Crippen molar-refractivity contribution < 1.29 is 79.6 Å². The van der Waals surface area contributed by atoms with Gasteiger partial charge in [0.15, 0.2) is 18.0 Å². The van der Waals surface area contributed by atoms with Crippen molar-refractivity contribution in [3.63, 3.8) is 0 Å². The summed E-state index contributed by atoms with van der Waals surface area (Å²) in [5.41, 5.74) is 5.53. The highest BCUT2D eigenvalue weighted by molar-refractivity contribution is 5.75. The lowest BCUT2D eigenvalue weighted by molar-refractivity contribution is -0.303. The number of aliphatic hydroxyl groups excluding tert-OH is 9. The van der Waals surface area contributed by atoms with E-state index >= 15 is 0 Å². The van der Waals surface area contributed by atoms with Gasteiger partial charge in [0.2, 0.25) is 0 Å². The van der Waals surface area contributed by atoms with Crippen LogP contribution in [0.4, 0.5) is 4.79 Å². The number of cyclic esters (lactones) is 1. The number of hydrogen-bond donors (Lipinski definition) is 15. The van der Waals surface area contributed by atoms with Gasteiger partial charge in [0.25, 0.3) is 0 Å². The third-order valence-electron chi connectivity index (χ3n) is 12.5. The lowest BCUT2D eigenvalue weighted by Gasteiger charge is -2.46. The van der Waals surface area contributed by atoms with Crippen molar-refractivity contribution in [3.05, 3.63) is 85.1 Å². The first kappa shape index (κ1) is 60.0. The second-order valence-electron chi connectivity index (χ2n) is 18.5. The summed E-state index contributed by atoms with van der Waals surface area (Å²) in [5, 5.41) is 125. The van der Waals surface area contributed by atoms with Crippen LogP contribution in [-0.4, -0.2) is 180 Å². The topological polar surface area (TPSA) is 359 Å². The Morgan fingerprint density at radius 2 is 1.27 bits per heavy atom. The van der Waals surface area contributed by atoms with Crippen LogP contribution in [0.25, 0.3) is 0 Å². The summed E-state index contributed by atoms with van der Waals surface area (Å²) in [6.07, 6.45) is 4.19. The van der Waals surface area contributed by atoms with Gasteiger partial charge >= 0.3 is 12.0 Å². The van der Waals surface area contributed by atoms with Gasteiger partial charge in [-0.2, -0.15) is 0 Å². The number of aliphatic hydroxyl groups is 10. The SMILES string of the molecule is CNC(=O)NC1[C@@H]2C[C@@H](O[C@@H]3O[C@H](C)[C@@H](O)C(NC(=N)N)[C@@H]3O)/C=C/C=C/C=C/C=C/C=C/C=C/C=C/[C@H](C)[C@@H](O)[C@@H](C)[C@H](C)OC(=O)C[C@H](O)C[C@H](O)CC[C@@H](O)[C@H](O)C[C@H](O)C[C@](O)(C[C@@H]1O)O2. The van der Waals surface area contributed by atoms with Gasteiger partial charge in [0.1, 0.15) is 18.3 Å². The second kappa shape index (κ2) is 29.9. The number of carbonyl (C=O) groups is 2. The molecule has 0 aromatic rings. The fourth-order valence-electron chi connectivity index (χ4n) is 8.38. The quantitative estimate of drug-likeness (QED) is 0.0988. The van der Waals surface area contributed by atoms with Crippen LogP contribution < -0.4 is 21.7 Å². The van der Waals surface area contributed by atoms with E-state index in [0.29, 0.717) is 0 Å². The maximum atomic E-state index is 12.7. The largest absolute Gasteiger partial charge is 0.462 e. The van der Waals surface area contributed by atoms with E-state index < -0.39 is 153 Å². The Morgan fingerprint density at radius 1 is 0.686 bits per heavy atom. The summed E-state index contributed by atoms with van der Waals surface area (Å²) in [6, 6.07) is -3.04. The van der Waals surface area contributed by atoms with E-state index in [9.17, 15) is 60.7 Å². The number of nitrogens with two attached hydrogens (primary N) is 1. The lowest BCUT2D eigenvalue weighted by Crippen LogP contribution is -2.65.